The van der Waals surface area contributed by atoms with E-state index in [9.17, 15) is 4.79 Å². The van der Waals surface area contributed by atoms with Crippen LogP contribution in [0.4, 0.5) is 4.79 Å². The highest BCUT2D eigenvalue weighted by Crippen LogP contribution is 2.34. The van der Waals surface area contributed by atoms with E-state index in [0.29, 0.717) is 24.8 Å². The molecule has 4 aromatic rings. The topological polar surface area (TPSA) is 80.5 Å². The number of amides is 1. The zero-order chi connectivity index (χ0) is 21.4. The Hall–Kier alpha value is -3.58. The minimum atomic E-state index is -0.876. The molecule has 5 rings (SSSR count). The lowest BCUT2D eigenvalue weighted by Gasteiger charge is -2.36. The van der Waals surface area contributed by atoms with Gasteiger partial charge in [-0.05, 0) is 29.8 Å². The quantitative estimate of drug-likeness (QED) is 0.459. The molecule has 0 bridgehead atoms. The molecular formula is C23H19ClN4O3. The molecule has 3 heterocycles. The summed E-state index contributed by atoms with van der Waals surface area (Å²) in [5.41, 5.74) is 4.46. The Balaban J connectivity index is 1.40. The number of benzene rings is 2. The van der Waals surface area contributed by atoms with Gasteiger partial charge in [0.2, 0.25) is 0 Å². The third-order valence-corrected chi connectivity index (χ3v) is 5.72. The Kier molecular flexibility index (Phi) is 4.95. The van der Waals surface area contributed by atoms with Gasteiger partial charge in [-0.3, -0.25) is 0 Å². The van der Waals surface area contributed by atoms with Crippen molar-refractivity contribution in [1.82, 2.24) is 19.4 Å². The first-order chi connectivity index (χ1) is 15.1. The Labute approximate surface area is 183 Å². The van der Waals surface area contributed by atoms with E-state index in [1.807, 2.05) is 65.4 Å². The van der Waals surface area contributed by atoms with E-state index >= 15 is 0 Å². The van der Waals surface area contributed by atoms with Crippen molar-refractivity contribution >= 4 is 28.7 Å². The van der Waals surface area contributed by atoms with Gasteiger partial charge < -0.3 is 19.3 Å². The van der Waals surface area contributed by atoms with E-state index in [-0.39, 0.29) is 5.92 Å². The number of halogens is 1. The van der Waals surface area contributed by atoms with Crippen LogP contribution in [0.1, 0.15) is 0 Å². The fourth-order valence-electron chi connectivity index (χ4n) is 3.80. The number of rotatable bonds is 5. The molecule has 0 radical (unpaired) electrons. The standard InChI is InChI=1S/C23H19ClN4O3/c24-22-21-20(25-14-26-22)19(12-28(21)17-4-2-1-3-5-17)16-6-8-18(9-7-16)31-13-15-10-27(11-15)23(29)30/h1-9,12,14-15H,10-11,13H2,(H,29,30). The van der Waals surface area contributed by atoms with Crippen LogP contribution in [0, 0.1) is 5.92 Å². The summed E-state index contributed by atoms with van der Waals surface area (Å²) in [6, 6.07) is 17.7. The second kappa shape index (κ2) is 7.92. The second-order valence-corrected chi connectivity index (χ2v) is 7.86. The summed E-state index contributed by atoms with van der Waals surface area (Å²) >= 11 is 6.43. The molecule has 8 heteroatoms. The van der Waals surface area contributed by atoms with Crippen molar-refractivity contribution in [3.63, 3.8) is 0 Å². The molecular weight excluding hydrogens is 416 g/mol. The first kappa shape index (κ1) is 19.4. The summed E-state index contributed by atoms with van der Waals surface area (Å²) in [5, 5.41) is 9.31. The van der Waals surface area contributed by atoms with E-state index < -0.39 is 6.09 Å². The number of nitrogens with zero attached hydrogens (tertiary/aromatic N) is 4. The van der Waals surface area contributed by atoms with Crippen LogP contribution in [0.5, 0.6) is 5.75 Å². The maximum Gasteiger partial charge on any atom is 0.407 e. The van der Waals surface area contributed by atoms with E-state index in [1.165, 1.54) is 11.2 Å². The molecule has 1 amide bonds. The van der Waals surface area contributed by atoms with Gasteiger partial charge in [0.15, 0.2) is 5.15 Å². The van der Waals surface area contributed by atoms with Crippen LogP contribution in [-0.2, 0) is 0 Å². The Morgan fingerprint density at radius 3 is 2.55 bits per heavy atom. The predicted molar refractivity (Wildman–Crippen MR) is 118 cm³/mol. The van der Waals surface area contributed by atoms with Crippen LogP contribution < -0.4 is 4.74 Å². The SMILES string of the molecule is O=C(O)N1CC(COc2ccc(-c3cn(-c4ccccc4)c4c(Cl)ncnc34)cc2)C1. The summed E-state index contributed by atoms with van der Waals surface area (Å²) in [4.78, 5) is 20.9. The third kappa shape index (κ3) is 3.68. The van der Waals surface area contributed by atoms with Crippen LogP contribution in [0.25, 0.3) is 27.8 Å². The number of para-hydroxylation sites is 1. The van der Waals surface area contributed by atoms with Crippen LogP contribution in [-0.4, -0.2) is 50.3 Å². The van der Waals surface area contributed by atoms with Crippen molar-refractivity contribution in [3.05, 3.63) is 72.3 Å². The highest BCUT2D eigenvalue weighted by molar-refractivity contribution is 6.34. The first-order valence-corrected chi connectivity index (χ1v) is 10.3. The fraction of sp³-hybridized carbons (Fsp3) is 0.174. The third-order valence-electron chi connectivity index (χ3n) is 5.44. The van der Waals surface area contributed by atoms with Gasteiger partial charge in [-0.1, -0.05) is 41.9 Å². The number of aromatic nitrogens is 3. The molecule has 0 spiro atoms. The number of likely N-dealkylation sites (tertiary alicyclic amines) is 1. The number of carbonyl (C=O) groups is 1. The van der Waals surface area contributed by atoms with Crippen molar-refractivity contribution in [2.45, 2.75) is 0 Å². The summed E-state index contributed by atoms with van der Waals surface area (Å²) < 4.78 is 7.84. The van der Waals surface area contributed by atoms with Gasteiger partial charge in [-0.15, -0.1) is 0 Å². The van der Waals surface area contributed by atoms with Gasteiger partial charge in [-0.25, -0.2) is 14.8 Å². The summed E-state index contributed by atoms with van der Waals surface area (Å²) in [6.45, 7) is 1.54. The minimum Gasteiger partial charge on any atom is -0.493 e. The van der Waals surface area contributed by atoms with Gasteiger partial charge in [0.05, 0.1) is 6.61 Å². The largest absolute Gasteiger partial charge is 0.493 e. The molecule has 1 fully saturated rings. The van der Waals surface area contributed by atoms with E-state index in [2.05, 4.69) is 9.97 Å². The maximum absolute atomic E-state index is 10.8. The summed E-state index contributed by atoms with van der Waals surface area (Å²) in [7, 11) is 0. The molecule has 2 aromatic carbocycles. The Bertz CT molecular complexity index is 1240. The zero-order valence-corrected chi connectivity index (χ0v) is 17.2. The molecule has 1 aliphatic rings. The van der Waals surface area contributed by atoms with Crippen molar-refractivity contribution in [2.75, 3.05) is 19.7 Å². The van der Waals surface area contributed by atoms with Crippen LogP contribution >= 0.6 is 11.6 Å². The summed E-state index contributed by atoms with van der Waals surface area (Å²) in [5.74, 6) is 0.982. The predicted octanol–water partition coefficient (Wildman–Crippen LogP) is 4.73. The molecule has 156 valence electrons. The lowest BCUT2D eigenvalue weighted by molar-refractivity contribution is 0.0585. The maximum atomic E-state index is 10.8. The average Bonchev–Trinajstić information content (AvgIpc) is 3.14. The molecule has 1 N–H and O–H groups in total. The molecule has 7 nitrogen and oxygen atoms in total. The highest BCUT2D eigenvalue weighted by Gasteiger charge is 2.30. The molecule has 0 atom stereocenters. The van der Waals surface area contributed by atoms with Gasteiger partial charge in [0.25, 0.3) is 0 Å². The lowest BCUT2D eigenvalue weighted by atomic mass is 10.0. The molecule has 2 aromatic heterocycles. The minimum absolute atomic E-state index is 0.235. The zero-order valence-electron chi connectivity index (χ0n) is 16.5. The van der Waals surface area contributed by atoms with Gasteiger partial charge >= 0.3 is 6.09 Å². The van der Waals surface area contributed by atoms with E-state index in [1.54, 1.807) is 0 Å². The van der Waals surface area contributed by atoms with Gasteiger partial charge in [0.1, 0.15) is 23.1 Å². The van der Waals surface area contributed by atoms with Crippen LogP contribution in [0.3, 0.4) is 0 Å². The average molecular weight is 435 g/mol. The lowest BCUT2D eigenvalue weighted by Crippen LogP contribution is -2.51. The molecule has 0 saturated carbocycles. The molecule has 1 aliphatic heterocycles. The van der Waals surface area contributed by atoms with Crippen LogP contribution in [0.15, 0.2) is 67.1 Å². The van der Waals surface area contributed by atoms with Crippen molar-refractivity contribution in [1.29, 1.82) is 0 Å². The number of hydrogen-bond donors (Lipinski definition) is 1. The fourth-order valence-corrected chi connectivity index (χ4v) is 4.03. The van der Waals surface area contributed by atoms with Crippen LogP contribution in [0.2, 0.25) is 5.15 Å². The molecule has 31 heavy (non-hydrogen) atoms. The Morgan fingerprint density at radius 1 is 1.10 bits per heavy atom. The first-order valence-electron chi connectivity index (χ1n) is 9.88. The summed E-state index contributed by atoms with van der Waals surface area (Å²) in [6.07, 6.45) is 2.62. The van der Waals surface area contributed by atoms with Crippen molar-refractivity contribution in [2.24, 2.45) is 5.92 Å². The van der Waals surface area contributed by atoms with Crippen molar-refractivity contribution < 1.29 is 14.6 Å². The molecule has 0 unspecified atom stereocenters. The van der Waals surface area contributed by atoms with Gasteiger partial charge in [-0.2, -0.15) is 0 Å². The van der Waals surface area contributed by atoms with E-state index in [4.69, 9.17) is 21.4 Å². The number of fused-ring (bicyclic) bond motifs is 1. The number of hydrogen-bond acceptors (Lipinski definition) is 4. The number of ether oxygens (including phenoxy) is 1. The van der Waals surface area contributed by atoms with E-state index in [0.717, 1.165) is 33.6 Å². The monoisotopic (exact) mass is 434 g/mol. The molecule has 1 saturated heterocycles. The second-order valence-electron chi connectivity index (χ2n) is 7.50. The smallest absolute Gasteiger partial charge is 0.407 e. The Morgan fingerprint density at radius 2 is 1.84 bits per heavy atom. The molecule has 0 aliphatic carbocycles. The van der Waals surface area contributed by atoms with Crippen molar-refractivity contribution in [3.8, 4) is 22.6 Å². The number of carboxylic acid groups (broad SMARTS) is 1. The highest BCUT2D eigenvalue weighted by atomic mass is 35.5. The van der Waals surface area contributed by atoms with Gasteiger partial charge in [0, 0.05) is 36.5 Å². The normalized spacial score (nSPS) is 13.9.